The summed E-state index contributed by atoms with van der Waals surface area (Å²) >= 11 is 0. The van der Waals surface area contributed by atoms with E-state index in [4.69, 9.17) is 11.5 Å². The second-order valence-corrected chi connectivity index (χ2v) is 15.4. The lowest BCUT2D eigenvalue weighted by molar-refractivity contribution is 0.0587. The van der Waals surface area contributed by atoms with Crippen LogP contribution in [0.25, 0.3) is 0 Å². The van der Waals surface area contributed by atoms with Gasteiger partial charge in [-0.15, -0.1) is 0 Å². The summed E-state index contributed by atoms with van der Waals surface area (Å²) in [6.45, 7) is 7.54. The van der Waals surface area contributed by atoms with Gasteiger partial charge in [-0.05, 0) is 47.9 Å². The second kappa shape index (κ2) is 18.3. The van der Waals surface area contributed by atoms with Gasteiger partial charge in [0.2, 0.25) is 0 Å². The van der Waals surface area contributed by atoms with E-state index in [2.05, 4.69) is 9.73 Å². The number of esters is 1. The molecule has 0 aliphatic rings. The van der Waals surface area contributed by atoms with Gasteiger partial charge in [-0.25, -0.2) is 39.2 Å². The molecule has 4 N–H and O–H groups in total. The number of hydrogen-bond acceptors (Lipinski definition) is 7. The van der Waals surface area contributed by atoms with Crippen LogP contribution in [0, 0.1) is 0 Å². The maximum atomic E-state index is 13.7. The maximum absolute atomic E-state index is 13.7. The maximum Gasteiger partial charge on any atom is 0.338 e. The number of benzene rings is 2. The largest absolute Gasteiger partial charge is 0.465 e. The van der Waals surface area contributed by atoms with E-state index in [1.54, 1.807) is 13.8 Å². The molecule has 10 nitrogen and oxygen atoms in total. The SMILES string of the molecule is CCCCC(C)c1ccc(C(=O)N=C(N)N)c(C(F)F)c1S(C)(=O)=O.CCCCC(C)c1ccc(C(=O)OC)c(C(F)F)c1S(C)(=O)=O. The molecule has 0 heterocycles. The van der Waals surface area contributed by atoms with Gasteiger partial charge in [0.25, 0.3) is 18.8 Å². The Morgan fingerprint density at radius 2 is 1.12 bits per heavy atom. The molecular weight excluding hydrogens is 678 g/mol. The number of methoxy groups -OCH3 is 1. The molecule has 270 valence electrons. The summed E-state index contributed by atoms with van der Waals surface area (Å²) in [7, 11) is -6.87. The molecule has 0 fully saturated rings. The van der Waals surface area contributed by atoms with Crippen molar-refractivity contribution in [1.82, 2.24) is 0 Å². The molecule has 0 bridgehead atoms. The van der Waals surface area contributed by atoms with Crippen LogP contribution in [-0.4, -0.2) is 54.3 Å². The molecule has 0 aliphatic carbocycles. The Kier molecular flexibility index (Phi) is 16.2. The lowest BCUT2D eigenvalue weighted by Gasteiger charge is -2.20. The highest BCUT2D eigenvalue weighted by Gasteiger charge is 2.32. The van der Waals surface area contributed by atoms with Crippen molar-refractivity contribution in [3.63, 3.8) is 0 Å². The van der Waals surface area contributed by atoms with Crippen molar-refractivity contribution in [2.24, 2.45) is 16.5 Å². The zero-order chi connectivity index (χ0) is 37.1. The highest BCUT2D eigenvalue weighted by Crippen LogP contribution is 2.39. The van der Waals surface area contributed by atoms with E-state index in [1.165, 1.54) is 18.2 Å². The molecule has 16 heteroatoms. The number of unbranched alkanes of at least 4 members (excludes halogenated alkanes) is 2. The third-order valence-corrected chi connectivity index (χ3v) is 9.94. The summed E-state index contributed by atoms with van der Waals surface area (Å²) in [5.41, 5.74) is 8.28. The van der Waals surface area contributed by atoms with E-state index in [1.807, 2.05) is 13.8 Å². The van der Waals surface area contributed by atoms with Crippen LogP contribution in [-0.2, 0) is 24.4 Å². The normalized spacial score (nSPS) is 13.0. The van der Waals surface area contributed by atoms with Crippen molar-refractivity contribution in [3.05, 3.63) is 57.6 Å². The number of ether oxygens (including phenoxy) is 1. The van der Waals surface area contributed by atoms with E-state index in [-0.39, 0.29) is 17.4 Å². The van der Waals surface area contributed by atoms with Crippen molar-refractivity contribution in [2.75, 3.05) is 19.6 Å². The van der Waals surface area contributed by atoms with Gasteiger partial charge in [-0.1, -0.05) is 65.5 Å². The van der Waals surface area contributed by atoms with E-state index in [9.17, 15) is 44.0 Å². The van der Waals surface area contributed by atoms with Gasteiger partial charge >= 0.3 is 5.97 Å². The third kappa shape index (κ3) is 11.3. The molecular formula is C32H45F4N3O7S2. The smallest absolute Gasteiger partial charge is 0.338 e. The van der Waals surface area contributed by atoms with Crippen molar-refractivity contribution in [2.45, 2.75) is 101 Å². The van der Waals surface area contributed by atoms with Crippen LogP contribution in [0.4, 0.5) is 17.6 Å². The Labute approximate surface area is 280 Å². The topological polar surface area (TPSA) is 176 Å². The fourth-order valence-electron chi connectivity index (χ4n) is 5.25. The van der Waals surface area contributed by atoms with Crippen LogP contribution in [0.3, 0.4) is 0 Å². The Hall–Kier alpha value is -3.53. The van der Waals surface area contributed by atoms with Gasteiger partial charge in [0.15, 0.2) is 25.6 Å². The molecule has 2 aromatic carbocycles. The number of carbonyl (C=O) groups is 2. The lowest BCUT2D eigenvalue weighted by Crippen LogP contribution is -2.24. The molecule has 2 rings (SSSR count). The fraction of sp³-hybridized carbons (Fsp3) is 0.531. The van der Waals surface area contributed by atoms with Crippen LogP contribution >= 0.6 is 0 Å². The lowest BCUT2D eigenvalue weighted by atomic mass is 9.92. The van der Waals surface area contributed by atoms with Gasteiger partial charge in [-0.2, -0.15) is 4.99 Å². The monoisotopic (exact) mass is 723 g/mol. The van der Waals surface area contributed by atoms with Crippen LogP contribution in [0.15, 0.2) is 39.0 Å². The fourth-order valence-corrected chi connectivity index (χ4v) is 7.85. The van der Waals surface area contributed by atoms with E-state index >= 15 is 0 Å². The molecule has 2 atom stereocenters. The molecule has 2 unspecified atom stereocenters. The highest BCUT2D eigenvalue weighted by atomic mass is 32.2. The van der Waals surface area contributed by atoms with Gasteiger partial charge in [-0.3, -0.25) is 4.79 Å². The quantitative estimate of drug-likeness (QED) is 0.0914. The predicted molar refractivity (Wildman–Crippen MR) is 176 cm³/mol. The first-order chi connectivity index (χ1) is 22.1. The van der Waals surface area contributed by atoms with Crippen molar-refractivity contribution < 1.29 is 48.7 Å². The minimum Gasteiger partial charge on any atom is -0.465 e. The van der Waals surface area contributed by atoms with Crippen molar-refractivity contribution in [1.29, 1.82) is 0 Å². The Balaban J connectivity index is 0.000000482. The number of guanidine groups is 1. The van der Waals surface area contributed by atoms with E-state index in [0.717, 1.165) is 51.4 Å². The molecule has 0 saturated carbocycles. The Morgan fingerprint density at radius 1 is 0.750 bits per heavy atom. The van der Waals surface area contributed by atoms with Crippen LogP contribution in [0.1, 0.15) is 134 Å². The molecule has 0 aromatic heterocycles. The number of nitrogens with zero attached hydrogens (tertiary/aromatic N) is 1. The second-order valence-electron chi connectivity index (χ2n) is 11.5. The minimum atomic E-state index is -4.01. The van der Waals surface area contributed by atoms with Gasteiger partial charge in [0, 0.05) is 18.1 Å². The minimum absolute atomic E-state index is 0.205. The summed E-state index contributed by atoms with van der Waals surface area (Å²) in [5.74, 6) is -3.13. The first-order valence-electron chi connectivity index (χ1n) is 15.2. The summed E-state index contributed by atoms with van der Waals surface area (Å²) in [4.78, 5) is 26.0. The van der Waals surface area contributed by atoms with Gasteiger partial charge in [0.05, 0.1) is 33.6 Å². The molecule has 2 aromatic rings. The molecule has 0 saturated heterocycles. The molecule has 0 aliphatic heterocycles. The summed E-state index contributed by atoms with van der Waals surface area (Å²) < 4.78 is 108. The summed E-state index contributed by atoms with van der Waals surface area (Å²) in [6.07, 6.45) is 0.272. The molecule has 0 radical (unpaired) electrons. The first-order valence-corrected chi connectivity index (χ1v) is 19.0. The van der Waals surface area contributed by atoms with Gasteiger partial charge < -0.3 is 16.2 Å². The van der Waals surface area contributed by atoms with Crippen LogP contribution < -0.4 is 11.5 Å². The van der Waals surface area contributed by atoms with E-state index < -0.39 is 82.4 Å². The standard InChI is InChI=1S/C16H23F2N3O3S.C16H22F2O4S/c1-4-5-6-9(2)10-7-8-11(15(22)21-16(19)20)12(14(17)18)13(10)25(3,23)24;1-5-6-7-10(2)11-8-9-12(16(19)22-3)13(15(17)18)14(11)23(4,20)21/h7-9,14H,4-6H2,1-3H3,(H4,19,20,21,22);8-10,15H,5-7H2,1-4H3. The zero-order valence-electron chi connectivity index (χ0n) is 28.1. The number of amides is 1. The number of alkyl halides is 4. The summed E-state index contributed by atoms with van der Waals surface area (Å²) in [5, 5.41) is 0. The van der Waals surface area contributed by atoms with Crippen LogP contribution in [0.5, 0.6) is 0 Å². The number of aliphatic imine (C=N–C) groups is 1. The number of halogens is 4. The van der Waals surface area contributed by atoms with E-state index in [0.29, 0.717) is 18.4 Å². The zero-order valence-corrected chi connectivity index (χ0v) is 29.8. The average Bonchev–Trinajstić information content (AvgIpc) is 2.99. The first kappa shape index (κ1) is 42.5. The number of hydrogen-bond donors (Lipinski definition) is 2. The van der Waals surface area contributed by atoms with Crippen LogP contribution in [0.2, 0.25) is 0 Å². The number of rotatable bonds is 14. The molecule has 1 amide bonds. The Bertz CT molecular complexity index is 1690. The van der Waals surface area contributed by atoms with Crippen molar-refractivity contribution in [3.8, 4) is 0 Å². The Morgan fingerprint density at radius 3 is 1.44 bits per heavy atom. The molecule has 48 heavy (non-hydrogen) atoms. The number of sulfone groups is 2. The highest BCUT2D eigenvalue weighted by molar-refractivity contribution is 7.91. The average molecular weight is 724 g/mol. The predicted octanol–water partition coefficient (Wildman–Crippen LogP) is 6.84. The third-order valence-electron chi connectivity index (χ3n) is 7.54. The van der Waals surface area contributed by atoms with Gasteiger partial charge in [0.1, 0.15) is 0 Å². The summed E-state index contributed by atoms with van der Waals surface area (Å²) in [6, 6.07) is 5.20. The molecule has 0 spiro atoms. The number of nitrogens with two attached hydrogens (primary N) is 2. The number of carbonyl (C=O) groups excluding carboxylic acids is 2. The van der Waals surface area contributed by atoms with Crippen molar-refractivity contribution >= 4 is 37.5 Å².